The van der Waals surface area contributed by atoms with Crippen LogP contribution >= 0.6 is 11.3 Å². The molecule has 1 aromatic heterocycles. The first-order chi connectivity index (χ1) is 10.6. The number of rotatable bonds is 6. The summed E-state index contributed by atoms with van der Waals surface area (Å²) < 4.78 is 0. The lowest BCUT2D eigenvalue weighted by Gasteiger charge is -2.16. The number of para-hydroxylation sites is 1. The molecule has 0 radical (unpaired) electrons. The molecule has 1 aromatic carbocycles. The largest absolute Gasteiger partial charge is 0.341 e. The second-order valence-electron chi connectivity index (χ2n) is 4.88. The van der Waals surface area contributed by atoms with Crippen LogP contribution in [0.2, 0.25) is 0 Å². The second kappa shape index (κ2) is 8.19. The van der Waals surface area contributed by atoms with Gasteiger partial charge in [-0.05, 0) is 34.5 Å². The third-order valence-corrected chi connectivity index (χ3v) is 3.81. The van der Waals surface area contributed by atoms with E-state index in [4.69, 9.17) is 0 Å². The van der Waals surface area contributed by atoms with Gasteiger partial charge in [0.1, 0.15) is 0 Å². The molecule has 0 aliphatic rings. The van der Waals surface area contributed by atoms with Crippen molar-refractivity contribution < 1.29 is 9.59 Å². The predicted octanol–water partition coefficient (Wildman–Crippen LogP) is 2.92. The quantitative estimate of drug-likeness (QED) is 0.860. The van der Waals surface area contributed by atoms with Crippen molar-refractivity contribution in [2.24, 2.45) is 0 Å². The van der Waals surface area contributed by atoms with E-state index in [1.54, 1.807) is 35.4 Å². The number of urea groups is 1. The predicted molar refractivity (Wildman–Crippen MR) is 88.9 cm³/mol. The van der Waals surface area contributed by atoms with Gasteiger partial charge in [-0.15, -0.1) is 0 Å². The fraction of sp³-hybridized carbons (Fsp3) is 0.250. The van der Waals surface area contributed by atoms with E-state index in [1.807, 2.05) is 35.0 Å². The van der Waals surface area contributed by atoms with Crippen LogP contribution in [0.25, 0.3) is 0 Å². The lowest BCUT2D eigenvalue weighted by molar-refractivity contribution is -0.130. The van der Waals surface area contributed by atoms with Crippen LogP contribution in [0.5, 0.6) is 0 Å². The maximum absolute atomic E-state index is 12.0. The molecule has 2 N–H and O–H groups in total. The highest BCUT2D eigenvalue weighted by molar-refractivity contribution is 7.07. The molecular formula is C16H19N3O2S. The molecule has 0 aliphatic heterocycles. The molecule has 6 heteroatoms. The highest BCUT2D eigenvalue weighted by atomic mass is 32.1. The molecular weight excluding hydrogens is 298 g/mol. The van der Waals surface area contributed by atoms with Crippen LogP contribution in [0.3, 0.4) is 0 Å². The zero-order chi connectivity index (χ0) is 15.8. The second-order valence-corrected chi connectivity index (χ2v) is 5.66. The molecule has 0 bridgehead atoms. The molecule has 0 unspecified atom stereocenters. The van der Waals surface area contributed by atoms with Crippen LogP contribution in [-0.2, 0) is 11.3 Å². The number of anilines is 1. The van der Waals surface area contributed by atoms with Gasteiger partial charge in [-0.25, -0.2) is 4.79 Å². The Hall–Kier alpha value is -2.34. The molecule has 2 aromatic rings. The van der Waals surface area contributed by atoms with Gasteiger partial charge in [0.05, 0.1) is 0 Å². The molecule has 116 valence electrons. The molecule has 0 spiro atoms. The van der Waals surface area contributed by atoms with Crippen molar-refractivity contribution in [1.82, 2.24) is 10.2 Å². The Labute approximate surface area is 134 Å². The molecule has 0 aliphatic carbocycles. The minimum Gasteiger partial charge on any atom is -0.341 e. The van der Waals surface area contributed by atoms with Gasteiger partial charge in [0.2, 0.25) is 5.91 Å². The summed E-state index contributed by atoms with van der Waals surface area (Å²) in [5.74, 6) is 0.00575. The molecule has 3 amide bonds. The highest BCUT2D eigenvalue weighted by Crippen LogP contribution is 2.09. The summed E-state index contributed by atoms with van der Waals surface area (Å²) in [6, 6.07) is 10.9. The van der Waals surface area contributed by atoms with Crippen LogP contribution in [0, 0.1) is 0 Å². The van der Waals surface area contributed by atoms with Crippen LogP contribution in [0.15, 0.2) is 47.2 Å². The first-order valence-corrected chi connectivity index (χ1v) is 7.94. The van der Waals surface area contributed by atoms with Crippen molar-refractivity contribution in [2.75, 3.05) is 18.9 Å². The van der Waals surface area contributed by atoms with Crippen molar-refractivity contribution in [2.45, 2.75) is 13.0 Å². The van der Waals surface area contributed by atoms with Gasteiger partial charge in [-0.3, -0.25) is 4.79 Å². The number of carbonyl (C=O) groups excluding carboxylic acids is 2. The SMILES string of the molecule is CN(Cc1ccsc1)C(=O)CCNC(=O)Nc1ccccc1. The minimum absolute atomic E-state index is 0.00575. The molecule has 22 heavy (non-hydrogen) atoms. The van der Waals surface area contributed by atoms with Crippen LogP contribution in [-0.4, -0.2) is 30.4 Å². The number of thiophene rings is 1. The van der Waals surface area contributed by atoms with E-state index in [1.165, 1.54) is 0 Å². The lowest BCUT2D eigenvalue weighted by atomic mass is 10.3. The standard InChI is InChI=1S/C16H19N3O2S/c1-19(11-13-8-10-22-12-13)15(20)7-9-17-16(21)18-14-5-3-2-4-6-14/h2-6,8,10,12H,7,9,11H2,1H3,(H2,17,18,21). The highest BCUT2D eigenvalue weighted by Gasteiger charge is 2.10. The van der Waals surface area contributed by atoms with E-state index in [0.29, 0.717) is 13.1 Å². The van der Waals surface area contributed by atoms with Crippen molar-refractivity contribution >= 4 is 29.0 Å². The Morgan fingerprint density at radius 3 is 2.64 bits per heavy atom. The van der Waals surface area contributed by atoms with Crippen molar-refractivity contribution in [3.8, 4) is 0 Å². The molecule has 0 saturated carbocycles. The molecule has 0 atom stereocenters. The Morgan fingerprint density at radius 1 is 1.18 bits per heavy atom. The van der Waals surface area contributed by atoms with Gasteiger partial charge in [-0.2, -0.15) is 11.3 Å². The zero-order valence-corrected chi connectivity index (χ0v) is 13.2. The van der Waals surface area contributed by atoms with Gasteiger partial charge in [0, 0.05) is 32.2 Å². The number of hydrogen-bond donors (Lipinski definition) is 2. The van der Waals surface area contributed by atoms with Crippen molar-refractivity contribution in [3.63, 3.8) is 0 Å². The average molecular weight is 317 g/mol. The number of hydrogen-bond acceptors (Lipinski definition) is 3. The normalized spacial score (nSPS) is 10.0. The van der Waals surface area contributed by atoms with E-state index >= 15 is 0 Å². The summed E-state index contributed by atoms with van der Waals surface area (Å²) >= 11 is 1.61. The molecule has 0 fully saturated rings. The van der Waals surface area contributed by atoms with Gasteiger partial charge < -0.3 is 15.5 Å². The topological polar surface area (TPSA) is 61.4 Å². The Kier molecular flexibility index (Phi) is 5.97. The van der Waals surface area contributed by atoms with Gasteiger partial charge in [0.25, 0.3) is 0 Å². The maximum Gasteiger partial charge on any atom is 0.319 e. The average Bonchev–Trinajstić information content (AvgIpc) is 3.01. The third-order valence-electron chi connectivity index (χ3n) is 3.08. The maximum atomic E-state index is 12.0. The van der Waals surface area contributed by atoms with Crippen molar-refractivity contribution in [1.29, 1.82) is 0 Å². The van der Waals surface area contributed by atoms with E-state index in [-0.39, 0.29) is 18.4 Å². The minimum atomic E-state index is -0.306. The summed E-state index contributed by atoms with van der Waals surface area (Å²) in [7, 11) is 1.77. The van der Waals surface area contributed by atoms with Crippen LogP contribution < -0.4 is 10.6 Å². The number of nitrogens with one attached hydrogen (secondary N) is 2. The van der Waals surface area contributed by atoms with Gasteiger partial charge >= 0.3 is 6.03 Å². The monoisotopic (exact) mass is 317 g/mol. The Balaban J connectivity index is 1.67. The zero-order valence-electron chi connectivity index (χ0n) is 12.4. The van der Waals surface area contributed by atoms with Crippen LogP contribution in [0.1, 0.15) is 12.0 Å². The number of nitrogens with zero attached hydrogens (tertiary/aromatic N) is 1. The molecule has 0 saturated heterocycles. The number of amides is 3. The summed E-state index contributed by atoms with van der Waals surface area (Å²) in [5, 5.41) is 9.40. The third kappa shape index (κ3) is 5.21. The number of carbonyl (C=O) groups is 2. The molecule has 1 heterocycles. The van der Waals surface area contributed by atoms with Crippen LogP contribution in [0.4, 0.5) is 10.5 Å². The van der Waals surface area contributed by atoms with Crippen molar-refractivity contribution in [3.05, 3.63) is 52.7 Å². The van der Waals surface area contributed by atoms with Gasteiger partial charge in [0.15, 0.2) is 0 Å². The van der Waals surface area contributed by atoms with Gasteiger partial charge in [-0.1, -0.05) is 18.2 Å². The summed E-state index contributed by atoms with van der Waals surface area (Å²) in [6.07, 6.45) is 0.281. The first-order valence-electron chi connectivity index (χ1n) is 7.00. The molecule has 2 rings (SSSR count). The summed E-state index contributed by atoms with van der Waals surface area (Å²) in [5.41, 5.74) is 1.84. The van der Waals surface area contributed by atoms with E-state index in [0.717, 1.165) is 11.3 Å². The lowest BCUT2D eigenvalue weighted by Crippen LogP contribution is -2.34. The van der Waals surface area contributed by atoms with E-state index < -0.39 is 0 Å². The van der Waals surface area contributed by atoms with E-state index in [9.17, 15) is 9.59 Å². The van der Waals surface area contributed by atoms with E-state index in [2.05, 4.69) is 10.6 Å². The fourth-order valence-electron chi connectivity index (χ4n) is 1.92. The smallest absolute Gasteiger partial charge is 0.319 e. The number of benzene rings is 1. The first kappa shape index (κ1) is 16.0. The molecule has 5 nitrogen and oxygen atoms in total. The Bertz CT molecular complexity index is 599. The Morgan fingerprint density at radius 2 is 1.95 bits per heavy atom. The summed E-state index contributed by atoms with van der Waals surface area (Å²) in [4.78, 5) is 25.3. The summed E-state index contributed by atoms with van der Waals surface area (Å²) in [6.45, 7) is 0.907. The fourth-order valence-corrected chi connectivity index (χ4v) is 2.58.